The SMILES string of the molecule is N#CN=c1c2cc(S(=O)(=O)c3c(F)c(F)c(F)c(F)c3F)ccc2c2ccc3c4ccc(S(=O)(=O)c5c(F)c(F)c(F)c(F)c5F)cc4c(=O)c3c12. The summed E-state index contributed by atoms with van der Waals surface area (Å²) in [5.41, 5.74) is -0.996. The van der Waals surface area contributed by atoms with Gasteiger partial charge in [-0.25, -0.2) is 60.7 Å². The van der Waals surface area contributed by atoms with Gasteiger partial charge in [0.15, 0.2) is 52.0 Å². The number of sulfone groups is 2. The van der Waals surface area contributed by atoms with E-state index in [4.69, 9.17) is 0 Å². The highest BCUT2D eigenvalue weighted by Gasteiger charge is 2.36. The van der Waals surface area contributed by atoms with Gasteiger partial charge in [-0.3, -0.25) is 4.79 Å². The molecule has 52 heavy (non-hydrogen) atoms. The summed E-state index contributed by atoms with van der Waals surface area (Å²) in [4.78, 5) is 11.2. The minimum Gasteiger partial charge on any atom is -0.289 e. The van der Waals surface area contributed by atoms with E-state index in [9.17, 15) is 70.8 Å². The first-order chi connectivity index (χ1) is 24.4. The van der Waals surface area contributed by atoms with Gasteiger partial charge < -0.3 is 0 Å². The third-order valence-corrected chi connectivity index (χ3v) is 11.9. The fourth-order valence-corrected chi connectivity index (χ4v) is 8.89. The smallest absolute Gasteiger partial charge is 0.212 e. The monoisotopic (exact) mass is 766 g/mol. The van der Waals surface area contributed by atoms with Crippen molar-refractivity contribution in [3.05, 3.63) is 122 Å². The van der Waals surface area contributed by atoms with Crippen LogP contribution < -0.4 is 10.8 Å². The Labute approximate surface area is 281 Å². The molecule has 0 amide bonds. The summed E-state index contributed by atoms with van der Waals surface area (Å²) in [6, 6.07) is 7.58. The highest BCUT2D eigenvalue weighted by Crippen LogP contribution is 2.38. The van der Waals surface area contributed by atoms with Crippen LogP contribution in [0.3, 0.4) is 0 Å². The van der Waals surface area contributed by atoms with Crippen LogP contribution in [0.2, 0.25) is 0 Å². The van der Waals surface area contributed by atoms with Crippen LogP contribution in [-0.2, 0) is 19.7 Å². The average Bonchev–Trinajstić information content (AvgIpc) is 3.58. The minimum absolute atomic E-state index is 0.000931. The van der Waals surface area contributed by atoms with Crippen LogP contribution in [-0.4, -0.2) is 16.8 Å². The molecule has 0 N–H and O–H groups in total. The third kappa shape index (κ3) is 4.43. The van der Waals surface area contributed by atoms with Crippen LogP contribution in [0.15, 0.2) is 77.9 Å². The molecular formula is C33H8F10N2O5S2. The highest BCUT2D eigenvalue weighted by molar-refractivity contribution is 7.91. The Bertz CT molecular complexity index is 3150. The second-order valence-corrected chi connectivity index (χ2v) is 14.8. The van der Waals surface area contributed by atoms with Crippen molar-refractivity contribution in [2.24, 2.45) is 4.99 Å². The predicted octanol–water partition coefficient (Wildman–Crippen LogP) is 6.97. The Kier molecular flexibility index (Phi) is 7.52. The number of nitrogens with zero attached hydrogens (tertiary/aromatic N) is 2. The molecule has 7 nitrogen and oxygen atoms in total. The lowest BCUT2D eigenvalue weighted by Crippen LogP contribution is -2.13. The molecule has 19 heteroatoms. The molecule has 0 aliphatic rings. The lowest BCUT2D eigenvalue weighted by atomic mass is 10.1. The lowest BCUT2D eigenvalue weighted by molar-refractivity contribution is 0.357. The minimum atomic E-state index is -5.52. The van der Waals surface area contributed by atoms with Gasteiger partial charge in [-0.05, 0) is 45.8 Å². The van der Waals surface area contributed by atoms with Crippen LogP contribution in [0.1, 0.15) is 0 Å². The number of nitriles is 1. The third-order valence-electron chi connectivity index (χ3n) is 8.39. The van der Waals surface area contributed by atoms with Gasteiger partial charge in [0, 0.05) is 21.5 Å². The molecule has 262 valence electrons. The molecule has 0 aromatic heterocycles. The van der Waals surface area contributed by atoms with Crippen LogP contribution in [0.5, 0.6) is 0 Å². The average molecular weight is 767 g/mol. The van der Waals surface area contributed by atoms with Crippen molar-refractivity contribution in [3.8, 4) is 6.19 Å². The van der Waals surface area contributed by atoms with Gasteiger partial charge in [0.2, 0.25) is 37.5 Å². The first-order valence-corrected chi connectivity index (χ1v) is 16.9. The number of benzene rings is 5. The van der Waals surface area contributed by atoms with E-state index in [0.717, 1.165) is 24.3 Å². The van der Waals surface area contributed by atoms with Crippen molar-refractivity contribution < 1.29 is 60.7 Å². The Balaban J connectivity index is 1.51. The van der Waals surface area contributed by atoms with E-state index in [1.54, 1.807) is 0 Å². The van der Waals surface area contributed by atoms with Gasteiger partial charge in [-0.2, -0.15) is 10.3 Å². The molecule has 7 aromatic rings. The predicted molar refractivity (Wildman–Crippen MR) is 160 cm³/mol. The Hall–Kier alpha value is -5.87. The highest BCUT2D eigenvalue weighted by atomic mass is 32.2. The molecule has 0 aliphatic carbocycles. The summed E-state index contributed by atoms with van der Waals surface area (Å²) in [6.07, 6.45) is 1.45. The molecule has 7 aromatic carbocycles. The van der Waals surface area contributed by atoms with E-state index in [1.807, 2.05) is 0 Å². The summed E-state index contributed by atoms with van der Waals surface area (Å²) in [5.74, 6) is -26.0. The van der Waals surface area contributed by atoms with Crippen LogP contribution in [0, 0.1) is 69.6 Å². The summed E-state index contributed by atoms with van der Waals surface area (Å²) >= 11 is 0. The Morgan fingerprint density at radius 1 is 0.462 bits per heavy atom. The summed E-state index contributed by atoms with van der Waals surface area (Å²) in [5, 5.41) is 8.22. The van der Waals surface area contributed by atoms with E-state index < -0.39 is 114 Å². The second-order valence-electron chi connectivity index (χ2n) is 11.0. The number of hydrogen-bond acceptors (Lipinski definition) is 7. The van der Waals surface area contributed by atoms with Crippen LogP contribution >= 0.6 is 0 Å². The molecule has 0 aliphatic heterocycles. The Morgan fingerprint density at radius 3 is 1.23 bits per heavy atom. The van der Waals surface area contributed by atoms with E-state index in [2.05, 4.69) is 4.99 Å². The van der Waals surface area contributed by atoms with E-state index >= 15 is 0 Å². The molecule has 0 atom stereocenters. The Morgan fingerprint density at radius 2 is 0.808 bits per heavy atom. The fourth-order valence-electron chi connectivity index (χ4n) is 6.08. The maximum atomic E-state index is 14.6. The van der Waals surface area contributed by atoms with Gasteiger partial charge in [-0.15, -0.1) is 0 Å². The molecule has 0 radical (unpaired) electrons. The van der Waals surface area contributed by atoms with Crippen molar-refractivity contribution in [1.82, 2.24) is 0 Å². The number of halogens is 10. The van der Waals surface area contributed by atoms with E-state index in [1.165, 1.54) is 18.3 Å². The van der Waals surface area contributed by atoms with Crippen molar-refractivity contribution in [2.75, 3.05) is 0 Å². The summed E-state index contributed by atoms with van der Waals surface area (Å²) < 4.78 is 194. The number of rotatable bonds is 4. The van der Waals surface area contributed by atoms with Gasteiger partial charge >= 0.3 is 0 Å². The van der Waals surface area contributed by atoms with Crippen molar-refractivity contribution in [3.63, 3.8) is 0 Å². The van der Waals surface area contributed by atoms with Crippen LogP contribution in [0.4, 0.5) is 43.9 Å². The molecule has 0 saturated heterocycles. The van der Waals surface area contributed by atoms with Crippen LogP contribution in [0.25, 0.3) is 43.1 Å². The van der Waals surface area contributed by atoms with Crippen molar-refractivity contribution in [1.29, 1.82) is 5.26 Å². The number of hydrogen-bond donors (Lipinski definition) is 0. The largest absolute Gasteiger partial charge is 0.289 e. The molecule has 0 spiro atoms. The standard InChI is InChI=1S/C33H8F10N2O5S2/c34-20-22(36)26(40)32(27(41)23(20)37)51(47,48)10-1-3-12-14-5-6-15-13-4-2-11(52(49,50)33-28(42)24(38)21(35)25(39)29(33)43)8-17(13)31(46)19(15)18(14)30(45-9-44)16(12)7-10/h1-8H. The molecule has 7 rings (SSSR count). The molecule has 0 heterocycles. The molecule has 0 unspecified atom stereocenters. The molecular weight excluding hydrogens is 758 g/mol. The lowest BCUT2D eigenvalue weighted by Gasteiger charge is -2.09. The van der Waals surface area contributed by atoms with Gasteiger partial charge in [0.25, 0.3) is 0 Å². The van der Waals surface area contributed by atoms with E-state index in [0.29, 0.717) is 12.1 Å². The second kappa shape index (κ2) is 11.3. The van der Waals surface area contributed by atoms with Crippen molar-refractivity contribution >= 4 is 62.8 Å². The zero-order valence-corrected chi connectivity index (χ0v) is 26.3. The van der Waals surface area contributed by atoms with Gasteiger partial charge in [0.1, 0.15) is 9.79 Å². The zero-order valence-electron chi connectivity index (χ0n) is 24.7. The zero-order chi connectivity index (χ0) is 37.9. The fraction of sp³-hybridized carbons (Fsp3) is 0. The summed E-state index contributed by atoms with van der Waals surface area (Å²) in [7, 11) is -11.0. The maximum absolute atomic E-state index is 14.6. The number of fused-ring (bicyclic) bond motifs is 7. The molecule has 0 fully saturated rings. The first kappa shape index (κ1) is 34.6. The van der Waals surface area contributed by atoms with Crippen molar-refractivity contribution in [2.45, 2.75) is 19.6 Å². The van der Waals surface area contributed by atoms with E-state index in [-0.39, 0.29) is 37.7 Å². The maximum Gasteiger partial charge on any atom is 0.212 e. The topological polar surface area (TPSA) is 121 Å². The first-order valence-electron chi connectivity index (χ1n) is 13.9. The molecule has 0 bridgehead atoms. The van der Waals surface area contributed by atoms with Gasteiger partial charge in [0.05, 0.1) is 15.1 Å². The van der Waals surface area contributed by atoms with Gasteiger partial charge in [-0.1, -0.05) is 24.3 Å². The molecule has 0 saturated carbocycles. The normalized spacial score (nSPS) is 12.9. The quantitative estimate of drug-likeness (QED) is 0.0628. The summed E-state index contributed by atoms with van der Waals surface area (Å²) in [6.45, 7) is 0.